The van der Waals surface area contributed by atoms with Gasteiger partial charge < -0.3 is 10.4 Å². The molecule has 0 aromatic carbocycles. The molecule has 4 aromatic rings. The molecule has 10 nitrogen and oxygen atoms in total. The van der Waals surface area contributed by atoms with E-state index >= 15 is 0 Å². The maximum Gasteiger partial charge on any atom is 0.490 e. The van der Waals surface area contributed by atoms with Crippen LogP contribution in [-0.4, -0.2) is 52.3 Å². The number of aliphatic carboxylic acids is 1. The van der Waals surface area contributed by atoms with Gasteiger partial charge in [-0.25, -0.2) is 14.8 Å². The largest absolute Gasteiger partial charge is 0.490 e. The molecule has 1 amide bonds. The second-order valence-corrected chi connectivity index (χ2v) is 7.35. The second-order valence-electron chi connectivity index (χ2n) is 7.35. The summed E-state index contributed by atoms with van der Waals surface area (Å²) in [5.74, 6) is -1.98. The molecule has 34 heavy (non-hydrogen) atoms. The summed E-state index contributed by atoms with van der Waals surface area (Å²) < 4.78 is 35.5. The lowest BCUT2D eigenvalue weighted by Crippen LogP contribution is -2.21. The number of nitrogens with zero attached hydrogens (tertiary/aromatic N) is 6. The molecule has 0 bridgehead atoms. The highest BCUT2D eigenvalue weighted by atomic mass is 19.4. The van der Waals surface area contributed by atoms with Gasteiger partial charge in [-0.05, 0) is 38.5 Å². The van der Waals surface area contributed by atoms with E-state index in [9.17, 15) is 18.0 Å². The highest BCUT2D eigenvalue weighted by Crippen LogP contribution is 2.24. The van der Waals surface area contributed by atoms with Gasteiger partial charge in [0.1, 0.15) is 11.5 Å². The first-order valence-electron chi connectivity index (χ1n) is 9.89. The highest BCUT2D eigenvalue weighted by Gasteiger charge is 2.38. The third kappa shape index (κ3) is 5.36. The standard InChI is InChI=1S/C19H19N7O.C2HF3O2/c1-12(2)26-14(6-7-22-26)18-24-17(15-11-20-8-9-25(15)18)19(27)23-16-5-4-13(3)10-21-16;3-2(4,5)1(6)7/h4-12H,1-3H3,(H,21,23,27);(H,6,7). The number of amides is 1. The van der Waals surface area contributed by atoms with E-state index in [1.165, 1.54) is 0 Å². The lowest BCUT2D eigenvalue weighted by Gasteiger charge is -2.09. The number of carbonyl (C=O) groups is 2. The van der Waals surface area contributed by atoms with Crippen LogP contribution in [-0.2, 0) is 4.79 Å². The van der Waals surface area contributed by atoms with E-state index in [1.807, 2.05) is 42.0 Å². The van der Waals surface area contributed by atoms with Crippen molar-refractivity contribution < 1.29 is 27.9 Å². The van der Waals surface area contributed by atoms with Crippen molar-refractivity contribution in [2.75, 3.05) is 5.32 Å². The Morgan fingerprint density at radius 3 is 2.41 bits per heavy atom. The van der Waals surface area contributed by atoms with Crippen LogP contribution in [0.5, 0.6) is 0 Å². The molecule has 0 saturated heterocycles. The average Bonchev–Trinajstić information content (AvgIpc) is 3.40. The van der Waals surface area contributed by atoms with E-state index in [1.54, 1.807) is 37.1 Å². The Hall–Kier alpha value is -4.29. The molecule has 2 N–H and O–H groups in total. The number of carbonyl (C=O) groups excluding carboxylic acids is 1. The first kappa shape index (κ1) is 24.4. The number of pyridine rings is 1. The fourth-order valence-corrected chi connectivity index (χ4v) is 2.91. The van der Waals surface area contributed by atoms with Gasteiger partial charge in [0.15, 0.2) is 11.5 Å². The molecule has 0 spiro atoms. The molecule has 4 aromatic heterocycles. The zero-order valence-electron chi connectivity index (χ0n) is 18.3. The summed E-state index contributed by atoms with van der Waals surface area (Å²) in [5.41, 5.74) is 2.76. The van der Waals surface area contributed by atoms with E-state index < -0.39 is 12.1 Å². The predicted octanol–water partition coefficient (Wildman–Crippen LogP) is 3.76. The number of aromatic nitrogens is 6. The summed E-state index contributed by atoms with van der Waals surface area (Å²) in [6.07, 6.45) is 3.43. The minimum absolute atomic E-state index is 0.165. The third-order valence-electron chi connectivity index (χ3n) is 4.45. The average molecular weight is 475 g/mol. The van der Waals surface area contributed by atoms with Crippen LogP contribution in [0.3, 0.4) is 0 Å². The van der Waals surface area contributed by atoms with Crippen LogP contribution in [0.1, 0.15) is 35.9 Å². The van der Waals surface area contributed by atoms with Crippen molar-refractivity contribution in [2.45, 2.75) is 33.0 Å². The lowest BCUT2D eigenvalue weighted by molar-refractivity contribution is -0.192. The normalized spacial score (nSPS) is 11.3. The van der Waals surface area contributed by atoms with Crippen LogP contribution in [0, 0.1) is 6.92 Å². The van der Waals surface area contributed by atoms with Gasteiger partial charge in [0.25, 0.3) is 5.91 Å². The Labute approximate surface area is 191 Å². The second kappa shape index (κ2) is 9.68. The van der Waals surface area contributed by atoms with Gasteiger partial charge in [-0.3, -0.25) is 18.9 Å². The Balaban J connectivity index is 0.000000406. The molecule has 0 radical (unpaired) electrons. The minimum Gasteiger partial charge on any atom is -0.475 e. The molecule has 0 aliphatic rings. The van der Waals surface area contributed by atoms with Crippen molar-refractivity contribution in [3.8, 4) is 11.5 Å². The molecule has 178 valence electrons. The maximum absolute atomic E-state index is 12.8. The number of carboxylic acids is 1. The van der Waals surface area contributed by atoms with E-state index in [-0.39, 0.29) is 17.6 Å². The number of alkyl halides is 3. The summed E-state index contributed by atoms with van der Waals surface area (Å²) in [6.45, 7) is 6.03. The number of hydrogen-bond acceptors (Lipinski definition) is 6. The molecule has 4 heterocycles. The topological polar surface area (TPSA) is 127 Å². The van der Waals surface area contributed by atoms with E-state index in [4.69, 9.17) is 9.90 Å². The van der Waals surface area contributed by atoms with Crippen molar-refractivity contribution in [3.05, 3.63) is 60.4 Å². The number of hydrogen-bond donors (Lipinski definition) is 2. The van der Waals surface area contributed by atoms with Crippen LogP contribution in [0.15, 0.2) is 49.2 Å². The summed E-state index contributed by atoms with van der Waals surface area (Å²) in [7, 11) is 0. The van der Waals surface area contributed by atoms with Crippen molar-refractivity contribution in [1.29, 1.82) is 0 Å². The number of halogens is 3. The summed E-state index contributed by atoms with van der Waals surface area (Å²) >= 11 is 0. The van der Waals surface area contributed by atoms with Crippen LogP contribution < -0.4 is 5.32 Å². The van der Waals surface area contributed by atoms with Crippen molar-refractivity contribution >= 4 is 23.2 Å². The SMILES string of the molecule is Cc1ccc(NC(=O)c2nc(-c3ccnn3C(C)C)n3ccncc23)nc1.O=C(O)C(F)(F)F. The smallest absolute Gasteiger partial charge is 0.475 e. The zero-order valence-corrected chi connectivity index (χ0v) is 18.3. The summed E-state index contributed by atoms with van der Waals surface area (Å²) in [6, 6.07) is 5.71. The van der Waals surface area contributed by atoms with Gasteiger partial charge in [-0.15, -0.1) is 0 Å². The van der Waals surface area contributed by atoms with Gasteiger partial charge in [-0.1, -0.05) is 6.07 Å². The molecular weight excluding hydrogens is 455 g/mol. The van der Waals surface area contributed by atoms with Gasteiger partial charge in [0.05, 0.1) is 11.7 Å². The fraction of sp³-hybridized carbons (Fsp3) is 0.238. The van der Waals surface area contributed by atoms with Crippen molar-refractivity contribution in [1.82, 2.24) is 29.1 Å². The van der Waals surface area contributed by atoms with E-state index in [0.29, 0.717) is 17.2 Å². The summed E-state index contributed by atoms with van der Waals surface area (Å²) in [4.78, 5) is 34.7. The molecule has 4 rings (SSSR count). The monoisotopic (exact) mass is 475 g/mol. The van der Waals surface area contributed by atoms with Gasteiger partial charge in [0.2, 0.25) is 0 Å². The van der Waals surface area contributed by atoms with Gasteiger partial charge in [-0.2, -0.15) is 18.3 Å². The molecule has 0 saturated carbocycles. The number of nitrogens with one attached hydrogen (secondary N) is 1. The highest BCUT2D eigenvalue weighted by molar-refractivity contribution is 6.07. The van der Waals surface area contributed by atoms with E-state index in [0.717, 1.165) is 11.3 Å². The number of carboxylic acid groups (broad SMARTS) is 1. The van der Waals surface area contributed by atoms with Gasteiger partial charge >= 0.3 is 12.1 Å². The van der Waals surface area contributed by atoms with Crippen LogP contribution in [0.25, 0.3) is 17.0 Å². The Bertz CT molecular complexity index is 1310. The Kier molecular flexibility index (Phi) is 6.94. The van der Waals surface area contributed by atoms with Crippen LogP contribution in [0.4, 0.5) is 19.0 Å². The quantitative estimate of drug-likeness (QED) is 0.460. The Morgan fingerprint density at radius 1 is 1.12 bits per heavy atom. The molecule has 0 aliphatic carbocycles. The molecule has 0 unspecified atom stereocenters. The number of aryl methyl sites for hydroxylation is 1. The third-order valence-corrected chi connectivity index (χ3v) is 4.45. The fourth-order valence-electron chi connectivity index (χ4n) is 2.91. The number of imidazole rings is 1. The first-order chi connectivity index (χ1) is 16.0. The zero-order chi connectivity index (χ0) is 25.0. The molecular formula is C21H20F3N7O3. The number of rotatable bonds is 4. The summed E-state index contributed by atoms with van der Waals surface area (Å²) in [5, 5.41) is 14.3. The molecule has 0 aliphatic heterocycles. The lowest BCUT2D eigenvalue weighted by atomic mass is 10.3. The Morgan fingerprint density at radius 2 is 1.82 bits per heavy atom. The minimum atomic E-state index is -5.08. The number of fused-ring (bicyclic) bond motifs is 1. The van der Waals surface area contributed by atoms with E-state index in [2.05, 4.69) is 25.4 Å². The molecule has 13 heteroatoms. The molecule has 0 atom stereocenters. The first-order valence-corrected chi connectivity index (χ1v) is 9.89. The van der Waals surface area contributed by atoms with Crippen molar-refractivity contribution in [2.24, 2.45) is 0 Å². The van der Waals surface area contributed by atoms with Crippen LogP contribution in [0.2, 0.25) is 0 Å². The molecule has 0 fully saturated rings. The van der Waals surface area contributed by atoms with Gasteiger partial charge in [0, 0.05) is 30.8 Å². The number of anilines is 1. The predicted molar refractivity (Wildman–Crippen MR) is 115 cm³/mol. The van der Waals surface area contributed by atoms with Crippen molar-refractivity contribution in [3.63, 3.8) is 0 Å². The maximum atomic E-state index is 12.8. The van der Waals surface area contributed by atoms with Crippen LogP contribution >= 0.6 is 0 Å².